The van der Waals surface area contributed by atoms with Crippen LogP contribution >= 0.6 is 0 Å². The van der Waals surface area contributed by atoms with Crippen molar-refractivity contribution >= 4 is 6.09 Å². The fraction of sp³-hybridized carbons (Fsp3) is 0.750. The molecule has 2 saturated carbocycles. The molecule has 0 aliphatic heterocycles. The minimum absolute atomic E-state index is 0.372. The SMILES string of the molecule is CC(C)(C)OC(=O)NCc1cncn1C1CC2CCC1C2. The van der Waals surface area contributed by atoms with Gasteiger partial charge < -0.3 is 14.6 Å². The van der Waals surface area contributed by atoms with E-state index in [1.54, 1.807) is 0 Å². The van der Waals surface area contributed by atoms with Crippen LogP contribution in [0.5, 0.6) is 0 Å². The van der Waals surface area contributed by atoms with Gasteiger partial charge in [-0.05, 0) is 51.9 Å². The van der Waals surface area contributed by atoms with Gasteiger partial charge in [-0.15, -0.1) is 0 Å². The van der Waals surface area contributed by atoms with E-state index in [2.05, 4.69) is 14.9 Å². The van der Waals surface area contributed by atoms with Gasteiger partial charge in [-0.25, -0.2) is 9.78 Å². The molecule has 21 heavy (non-hydrogen) atoms. The summed E-state index contributed by atoms with van der Waals surface area (Å²) in [6.45, 7) is 6.08. The maximum atomic E-state index is 11.8. The van der Waals surface area contributed by atoms with Crippen molar-refractivity contribution in [3.8, 4) is 0 Å². The molecule has 1 aromatic heterocycles. The van der Waals surface area contributed by atoms with Crippen LogP contribution in [0.15, 0.2) is 12.5 Å². The summed E-state index contributed by atoms with van der Waals surface area (Å²) in [4.78, 5) is 16.0. The van der Waals surface area contributed by atoms with Crippen molar-refractivity contribution in [2.24, 2.45) is 11.8 Å². The van der Waals surface area contributed by atoms with Crippen molar-refractivity contribution in [3.63, 3.8) is 0 Å². The van der Waals surface area contributed by atoms with Gasteiger partial charge in [-0.3, -0.25) is 0 Å². The summed E-state index contributed by atoms with van der Waals surface area (Å²) in [6, 6.07) is 0.571. The van der Waals surface area contributed by atoms with Crippen LogP contribution in [0.25, 0.3) is 0 Å². The first-order chi connectivity index (χ1) is 9.92. The van der Waals surface area contributed by atoms with Crippen molar-refractivity contribution in [3.05, 3.63) is 18.2 Å². The Morgan fingerprint density at radius 3 is 2.86 bits per heavy atom. The van der Waals surface area contributed by atoms with Crippen molar-refractivity contribution in [1.29, 1.82) is 0 Å². The molecule has 5 nitrogen and oxygen atoms in total. The zero-order valence-electron chi connectivity index (χ0n) is 13.1. The molecule has 3 rings (SSSR count). The molecule has 2 fully saturated rings. The highest BCUT2D eigenvalue weighted by atomic mass is 16.6. The van der Waals surface area contributed by atoms with E-state index < -0.39 is 5.60 Å². The monoisotopic (exact) mass is 291 g/mol. The first-order valence-corrected chi connectivity index (χ1v) is 7.90. The van der Waals surface area contributed by atoms with Gasteiger partial charge in [0.1, 0.15) is 5.60 Å². The van der Waals surface area contributed by atoms with Crippen molar-refractivity contribution in [1.82, 2.24) is 14.9 Å². The summed E-state index contributed by atoms with van der Waals surface area (Å²) >= 11 is 0. The third kappa shape index (κ3) is 3.22. The Balaban J connectivity index is 1.60. The third-order valence-corrected chi connectivity index (χ3v) is 4.62. The second-order valence-corrected chi connectivity index (χ2v) is 7.39. The van der Waals surface area contributed by atoms with Crippen LogP contribution in [0.1, 0.15) is 58.2 Å². The number of fused-ring (bicyclic) bond motifs is 2. The lowest BCUT2D eigenvalue weighted by molar-refractivity contribution is 0.0522. The average molecular weight is 291 g/mol. The van der Waals surface area contributed by atoms with Crippen LogP contribution < -0.4 is 5.32 Å². The number of carbonyl (C=O) groups is 1. The van der Waals surface area contributed by atoms with Crippen LogP contribution in [0.2, 0.25) is 0 Å². The lowest BCUT2D eigenvalue weighted by Gasteiger charge is -2.25. The smallest absolute Gasteiger partial charge is 0.407 e. The lowest BCUT2D eigenvalue weighted by Crippen LogP contribution is -2.33. The summed E-state index contributed by atoms with van der Waals surface area (Å²) in [7, 11) is 0. The zero-order chi connectivity index (χ0) is 15.0. The number of aromatic nitrogens is 2. The summed E-state index contributed by atoms with van der Waals surface area (Å²) < 4.78 is 7.54. The van der Waals surface area contributed by atoms with E-state index >= 15 is 0 Å². The minimum Gasteiger partial charge on any atom is -0.444 e. The quantitative estimate of drug-likeness (QED) is 0.930. The van der Waals surface area contributed by atoms with Gasteiger partial charge in [0.2, 0.25) is 0 Å². The zero-order valence-corrected chi connectivity index (χ0v) is 13.1. The minimum atomic E-state index is -0.463. The van der Waals surface area contributed by atoms with Crippen LogP contribution in [0.4, 0.5) is 4.79 Å². The van der Waals surface area contributed by atoms with Gasteiger partial charge in [0.25, 0.3) is 0 Å². The topological polar surface area (TPSA) is 56.1 Å². The van der Waals surface area contributed by atoms with Crippen molar-refractivity contribution < 1.29 is 9.53 Å². The van der Waals surface area contributed by atoms with Gasteiger partial charge in [0.15, 0.2) is 0 Å². The van der Waals surface area contributed by atoms with E-state index in [-0.39, 0.29) is 6.09 Å². The molecule has 0 saturated heterocycles. The first-order valence-electron chi connectivity index (χ1n) is 7.90. The molecule has 0 radical (unpaired) electrons. The predicted molar refractivity (Wildman–Crippen MR) is 79.8 cm³/mol. The Hall–Kier alpha value is -1.52. The van der Waals surface area contributed by atoms with Gasteiger partial charge in [0.05, 0.1) is 18.6 Å². The number of nitrogens with zero attached hydrogens (tertiary/aromatic N) is 2. The molecule has 3 unspecified atom stereocenters. The molecule has 5 heteroatoms. The van der Waals surface area contributed by atoms with Gasteiger partial charge in [-0.2, -0.15) is 0 Å². The highest BCUT2D eigenvalue weighted by molar-refractivity contribution is 5.67. The highest BCUT2D eigenvalue weighted by Gasteiger charge is 2.40. The van der Waals surface area contributed by atoms with E-state index in [0.29, 0.717) is 12.6 Å². The summed E-state index contributed by atoms with van der Waals surface area (Å²) in [5.74, 6) is 1.69. The van der Waals surface area contributed by atoms with E-state index in [0.717, 1.165) is 17.5 Å². The number of amides is 1. The summed E-state index contributed by atoms with van der Waals surface area (Å²) in [6.07, 6.45) is 8.75. The molecular formula is C16H25N3O2. The molecule has 0 spiro atoms. The predicted octanol–water partition coefficient (Wildman–Crippen LogP) is 3.27. The normalized spacial score (nSPS) is 27.9. The molecule has 1 aromatic rings. The van der Waals surface area contributed by atoms with Crippen LogP contribution in [-0.2, 0) is 11.3 Å². The van der Waals surface area contributed by atoms with Gasteiger partial charge in [0, 0.05) is 12.2 Å². The number of hydrogen-bond donors (Lipinski definition) is 1. The fourth-order valence-electron chi connectivity index (χ4n) is 3.80. The maximum absolute atomic E-state index is 11.8. The number of ether oxygens (including phenoxy) is 1. The van der Waals surface area contributed by atoms with Crippen molar-refractivity contribution in [2.75, 3.05) is 0 Å². The molecule has 116 valence electrons. The Morgan fingerprint density at radius 1 is 1.43 bits per heavy atom. The summed E-state index contributed by atoms with van der Waals surface area (Å²) in [5.41, 5.74) is 0.605. The largest absolute Gasteiger partial charge is 0.444 e. The molecule has 1 N–H and O–H groups in total. The van der Waals surface area contributed by atoms with Gasteiger partial charge >= 0.3 is 6.09 Å². The molecule has 0 aromatic carbocycles. The molecular weight excluding hydrogens is 266 g/mol. The molecule has 3 atom stereocenters. The number of rotatable bonds is 3. The van der Waals surface area contributed by atoms with Gasteiger partial charge in [-0.1, -0.05) is 6.42 Å². The van der Waals surface area contributed by atoms with Crippen LogP contribution in [-0.4, -0.2) is 21.2 Å². The van der Waals surface area contributed by atoms with Crippen molar-refractivity contribution in [2.45, 2.75) is 64.6 Å². The third-order valence-electron chi connectivity index (χ3n) is 4.62. The van der Waals surface area contributed by atoms with E-state index in [4.69, 9.17) is 4.74 Å². The Morgan fingerprint density at radius 2 is 2.24 bits per heavy atom. The number of hydrogen-bond acceptors (Lipinski definition) is 3. The van der Waals surface area contributed by atoms with Crippen LogP contribution in [0.3, 0.4) is 0 Å². The lowest BCUT2D eigenvalue weighted by atomic mass is 9.95. The van der Waals surface area contributed by atoms with E-state index in [9.17, 15) is 4.79 Å². The Labute approximate surface area is 126 Å². The first kappa shape index (κ1) is 14.4. The second kappa shape index (κ2) is 5.35. The molecule has 1 heterocycles. The number of alkyl carbamates (subject to hydrolysis) is 1. The maximum Gasteiger partial charge on any atom is 0.407 e. The Kier molecular flexibility index (Phi) is 3.68. The van der Waals surface area contributed by atoms with Crippen LogP contribution in [0, 0.1) is 11.8 Å². The molecule has 2 aliphatic carbocycles. The molecule has 2 aliphatic rings. The summed E-state index contributed by atoms with van der Waals surface area (Å²) in [5, 5.41) is 2.83. The van der Waals surface area contributed by atoms with E-state index in [1.807, 2.05) is 33.3 Å². The van der Waals surface area contributed by atoms with E-state index in [1.165, 1.54) is 25.7 Å². The molecule has 1 amide bonds. The standard InChI is InChI=1S/C16H25N3O2/c1-16(2,3)21-15(20)18-9-13-8-17-10-19(13)14-7-11-4-5-12(14)6-11/h8,10-12,14H,4-7,9H2,1-3H3,(H,18,20). The fourth-order valence-corrected chi connectivity index (χ4v) is 3.80. The average Bonchev–Trinajstić information content (AvgIpc) is 3.09. The second-order valence-electron chi connectivity index (χ2n) is 7.39. The molecule has 2 bridgehead atoms. The number of nitrogens with one attached hydrogen (secondary N) is 1. The number of carbonyl (C=O) groups excluding carboxylic acids is 1. The highest BCUT2D eigenvalue weighted by Crippen LogP contribution is 2.50. The Bertz CT molecular complexity index is 518. The number of imidazole rings is 1.